The predicted molar refractivity (Wildman–Crippen MR) is 73.1 cm³/mol. The average Bonchev–Trinajstić information content (AvgIpc) is 2.77. The SMILES string of the molecule is Cc1ccc(O[C@@H](C)C(=O)Nc2ccn(C)n2)cc1. The highest BCUT2D eigenvalue weighted by Crippen LogP contribution is 2.14. The number of aromatic nitrogens is 2. The molecule has 0 spiro atoms. The molecule has 2 rings (SSSR count). The Morgan fingerprint density at radius 2 is 2.00 bits per heavy atom. The third-order valence-corrected chi connectivity index (χ3v) is 2.67. The van der Waals surface area contributed by atoms with Crippen molar-refractivity contribution in [3.05, 3.63) is 42.1 Å². The van der Waals surface area contributed by atoms with Gasteiger partial charge in [-0.3, -0.25) is 9.48 Å². The summed E-state index contributed by atoms with van der Waals surface area (Å²) in [5.41, 5.74) is 1.15. The minimum absolute atomic E-state index is 0.223. The first-order chi connectivity index (χ1) is 9.04. The van der Waals surface area contributed by atoms with Crippen molar-refractivity contribution in [2.45, 2.75) is 20.0 Å². The summed E-state index contributed by atoms with van der Waals surface area (Å²) in [7, 11) is 1.79. The summed E-state index contributed by atoms with van der Waals surface area (Å²) in [6.45, 7) is 3.71. The van der Waals surface area contributed by atoms with E-state index in [-0.39, 0.29) is 5.91 Å². The van der Waals surface area contributed by atoms with Crippen LogP contribution < -0.4 is 10.1 Å². The fraction of sp³-hybridized carbons (Fsp3) is 0.286. The van der Waals surface area contributed by atoms with Crippen LogP contribution in [0.3, 0.4) is 0 Å². The van der Waals surface area contributed by atoms with E-state index >= 15 is 0 Å². The number of amides is 1. The summed E-state index contributed by atoms with van der Waals surface area (Å²) in [5, 5.41) is 6.78. The molecule has 1 atom stereocenters. The number of benzene rings is 1. The molecule has 0 saturated carbocycles. The lowest BCUT2D eigenvalue weighted by Crippen LogP contribution is -2.30. The molecule has 1 aromatic heterocycles. The molecule has 2 aromatic rings. The smallest absolute Gasteiger partial charge is 0.266 e. The molecule has 0 aliphatic heterocycles. The van der Waals surface area contributed by atoms with Crippen LogP contribution in [-0.2, 0) is 11.8 Å². The van der Waals surface area contributed by atoms with E-state index in [0.717, 1.165) is 5.56 Å². The molecule has 1 amide bonds. The number of hydrogen-bond donors (Lipinski definition) is 1. The Balaban J connectivity index is 1.94. The van der Waals surface area contributed by atoms with Crippen LogP contribution >= 0.6 is 0 Å². The molecule has 5 nitrogen and oxygen atoms in total. The molecule has 0 saturated heterocycles. The van der Waals surface area contributed by atoms with Crippen LogP contribution in [0.15, 0.2) is 36.5 Å². The van der Waals surface area contributed by atoms with Crippen LogP contribution in [0.25, 0.3) is 0 Å². The van der Waals surface area contributed by atoms with Gasteiger partial charge in [-0.25, -0.2) is 0 Å². The van der Waals surface area contributed by atoms with Crippen molar-refractivity contribution in [3.8, 4) is 5.75 Å². The minimum Gasteiger partial charge on any atom is -0.481 e. The van der Waals surface area contributed by atoms with Gasteiger partial charge in [-0.1, -0.05) is 17.7 Å². The summed E-state index contributed by atoms with van der Waals surface area (Å²) in [5.74, 6) is 0.973. The number of carbonyl (C=O) groups excluding carboxylic acids is 1. The van der Waals surface area contributed by atoms with Crippen molar-refractivity contribution < 1.29 is 9.53 Å². The molecular weight excluding hydrogens is 242 g/mol. The Kier molecular flexibility index (Phi) is 3.85. The Labute approximate surface area is 112 Å². The van der Waals surface area contributed by atoms with Gasteiger partial charge in [-0.05, 0) is 26.0 Å². The molecule has 1 aromatic carbocycles. The van der Waals surface area contributed by atoms with Gasteiger partial charge in [-0.15, -0.1) is 0 Å². The molecule has 1 heterocycles. The number of anilines is 1. The van der Waals surface area contributed by atoms with E-state index in [1.165, 1.54) is 0 Å². The number of nitrogens with zero attached hydrogens (tertiary/aromatic N) is 2. The molecule has 19 heavy (non-hydrogen) atoms. The first-order valence-corrected chi connectivity index (χ1v) is 6.08. The van der Waals surface area contributed by atoms with Gasteiger partial charge in [0, 0.05) is 19.3 Å². The normalized spacial score (nSPS) is 11.9. The van der Waals surface area contributed by atoms with Gasteiger partial charge in [0.2, 0.25) is 0 Å². The van der Waals surface area contributed by atoms with E-state index in [2.05, 4.69) is 10.4 Å². The predicted octanol–water partition coefficient (Wildman–Crippen LogP) is 2.13. The fourth-order valence-electron chi connectivity index (χ4n) is 1.58. The summed E-state index contributed by atoms with van der Waals surface area (Å²) in [6.07, 6.45) is 1.19. The molecule has 0 radical (unpaired) electrons. The average molecular weight is 259 g/mol. The maximum atomic E-state index is 11.9. The third-order valence-electron chi connectivity index (χ3n) is 2.67. The lowest BCUT2D eigenvalue weighted by molar-refractivity contribution is -0.122. The summed E-state index contributed by atoms with van der Waals surface area (Å²) >= 11 is 0. The highest BCUT2D eigenvalue weighted by molar-refractivity contribution is 5.93. The Hall–Kier alpha value is -2.30. The van der Waals surface area contributed by atoms with Crippen molar-refractivity contribution in [3.63, 3.8) is 0 Å². The van der Waals surface area contributed by atoms with Crippen molar-refractivity contribution >= 4 is 11.7 Å². The second kappa shape index (κ2) is 5.56. The second-order valence-corrected chi connectivity index (χ2v) is 4.44. The number of carbonyl (C=O) groups is 1. The van der Waals surface area contributed by atoms with E-state index in [1.54, 1.807) is 30.9 Å². The van der Waals surface area contributed by atoms with E-state index in [9.17, 15) is 4.79 Å². The molecule has 0 aliphatic carbocycles. The molecule has 0 aliphatic rings. The summed E-state index contributed by atoms with van der Waals surface area (Å²) in [6, 6.07) is 9.31. The highest BCUT2D eigenvalue weighted by Gasteiger charge is 2.15. The van der Waals surface area contributed by atoms with Gasteiger partial charge in [0.1, 0.15) is 5.75 Å². The topological polar surface area (TPSA) is 56.1 Å². The number of rotatable bonds is 4. The molecule has 100 valence electrons. The first kappa shape index (κ1) is 13.1. The van der Waals surface area contributed by atoms with Crippen LogP contribution in [0.2, 0.25) is 0 Å². The fourth-order valence-corrected chi connectivity index (χ4v) is 1.58. The van der Waals surface area contributed by atoms with Crippen LogP contribution in [0, 0.1) is 6.92 Å². The molecule has 0 unspecified atom stereocenters. The van der Waals surface area contributed by atoms with Crippen molar-refractivity contribution in [1.29, 1.82) is 0 Å². The minimum atomic E-state index is -0.579. The lowest BCUT2D eigenvalue weighted by Gasteiger charge is -2.13. The largest absolute Gasteiger partial charge is 0.481 e. The zero-order valence-corrected chi connectivity index (χ0v) is 11.3. The zero-order valence-electron chi connectivity index (χ0n) is 11.3. The quantitative estimate of drug-likeness (QED) is 0.915. The van der Waals surface area contributed by atoms with E-state index in [1.807, 2.05) is 31.2 Å². The van der Waals surface area contributed by atoms with Crippen molar-refractivity contribution in [2.24, 2.45) is 7.05 Å². The molecule has 5 heteroatoms. The van der Waals surface area contributed by atoms with Crippen LogP contribution in [0.5, 0.6) is 5.75 Å². The van der Waals surface area contributed by atoms with Crippen molar-refractivity contribution in [1.82, 2.24) is 9.78 Å². The number of nitrogens with one attached hydrogen (secondary N) is 1. The van der Waals surface area contributed by atoms with Crippen LogP contribution in [-0.4, -0.2) is 21.8 Å². The number of hydrogen-bond acceptors (Lipinski definition) is 3. The van der Waals surface area contributed by atoms with Gasteiger partial charge in [0.25, 0.3) is 5.91 Å². The molecule has 0 bridgehead atoms. The third kappa shape index (κ3) is 3.58. The molecular formula is C14H17N3O2. The number of ether oxygens (including phenoxy) is 1. The highest BCUT2D eigenvalue weighted by atomic mass is 16.5. The summed E-state index contributed by atoms with van der Waals surface area (Å²) < 4.78 is 7.19. The number of aryl methyl sites for hydroxylation is 2. The maximum Gasteiger partial charge on any atom is 0.266 e. The zero-order chi connectivity index (χ0) is 13.8. The standard InChI is InChI=1S/C14H17N3O2/c1-10-4-6-12(7-5-10)19-11(2)14(18)15-13-8-9-17(3)16-13/h4-9,11H,1-3H3,(H,15,16,18)/t11-/m0/s1. The van der Waals surface area contributed by atoms with E-state index in [0.29, 0.717) is 11.6 Å². The maximum absolute atomic E-state index is 11.9. The van der Waals surface area contributed by atoms with Crippen molar-refractivity contribution in [2.75, 3.05) is 5.32 Å². The van der Waals surface area contributed by atoms with E-state index in [4.69, 9.17) is 4.74 Å². The monoisotopic (exact) mass is 259 g/mol. The molecule has 1 N–H and O–H groups in total. The van der Waals surface area contributed by atoms with E-state index < -0.39 is 6.10 Å². The Morgan fingerprint density at radius 1 is 1.32 bits per heavy atom. The Morgan fingerprint density at radius 3 is 2.58 bits per heavy atom. The summed E-state index contributed by atoms with van der Waals surface area (Å²) in [4.78, 5) is 11.9. The second-order valence-electron chi connectivity index (χ2n) is 4.44. The van der Waals surface area contributed by atoms with Gasteiger partial charge in [0.05, 0.1) is 0 Å². The van der Waals surface area contributed by atoms with Gasteiger partial charge in [-0.2, -0.15) is 5.10 Å². The Bertz CT molecular complexity index is 560. The van der Waals surface area contributed by atoms with Gasteiger partial charge in [0.15, 0.2) is 11.9 Å². The van der Waals surface area contributed by atoms with Gasteiger partial charge >= 0.3 is 0 Å². The van der Waals surface area contributed by atoms with Gasteiger partial charge < -0.3 is 10.1 Å². The lowest BCUT2D eigenvalue weighted by atomic mass is 10.2. The first-order valence-electron chi connectivity index (χ1n) is 6.08. The molecule has 0 fully saturated rings. The van der Waals surface area contributed by atoms with Crippen LogP contribution in [0.1, 0.15) is 12.5 Å². The van der Waals surface area contributed by atoms with Crippen LogP contribution in [0.4, 0.5) is 5.82 Å².